The number of benzene rings is 1. The number of nitrogens with two attached hydrogens (primary N) is 1. The summed E-state index contributed by atoms with van der Waals surface area (Å²) in [5.41, 5.74) is 5.67. The number of aromatic nitrogens is 1. The van der Waals surface area contributed by atoms with E-state index in [0.29, 0.717) is 5.56 Å². The molecule has 0 atom stereocenters. The van der Waals surface area contributed by atoms with Crippen LogP contribution < -0.4 is 10.5 Å². The van der Waals surface area contributed by atoms with E-state index in [1.807, 2.05) is 0 Å². The molecule has 4 nitrogen and oxygen atoms in total. The minimum Gasteiger partial charge on any atom is -0.436 e. The lowest BCUT2D eigenvalue weighted by molar-refractivity contribution is 0.405. The van der Waals surface area contributed by atoms with E-state index in [1.165, 1.54) is 30.5 Å². The number of nitrogen functional groups attached to an aromatic ring is 1. The molecular weight excluding hydrogens is 240 g/mol. The van der Waals surface area contributed by atoms with E-state index in [2.05, 4.69) is 4.98 Å². The Balaban J connectivity index is 2.24. The van der Waals surface area contributed by atoms with Crippen LogP contribution in [0.5, 0.6) is 11.6 Å². The average Bonchev–Trinajstić information content (AvgIpc) is 2.36. The van der Waals surface area contributed by atoms with E-state index in [-0.39, 0.29) is 17.5 Å². The van der Waals surface area contributed by atoms with E-state index >= 15 is 0 Å². The van der Waals surface area contributed by atoms with Gasteiger partial charge < -0.3 is 10.5 Å². The molecule has 0 radical (unpaired) electrons. The molecule has 0 aliphatic rings. The third-order valence-electron chi connectivity index (χ3n) is 2.18. The van der Waals surface area contributed by atoms with Crippen molar-refractivity contribution >= 4 is 5.84 Å². The van der Waals surface area contributed by atoms with E-state index in [0.717, 1.165) is 6.07 Å². The van der Waals surface area contributed by atoms with Crippen LogP contribution in [0.3, 0.4) is 0 Å². The third kappa shape index (κ3) is 2.42. The first-order valence-electron chi connectivity index (χ1n) is 5.00. The second-order valence-corrected chi connectivity index (χ2v) is 3.45. The number of ether oxygens (including phenoxy) is 1. The van der Waals surface area contributed by atoms with Crippen molar-refractivity contribution in [2.24, 2.45) is 5.73 Å². The van der Waals surface area contributed by atoms with Crippen LogP contribution in [-0.4, -0.2) is 10.8 Å². The Kier molecular flexibility index (Phi) is 3.18. The molecule has 0 unspecified atom stereocenters. The quantitative estimate of drug-likeness (QED) is 0.648. The van der Waals surface area contributed by atoms with E-state index in [1.54, 1.807) is 0 Å². The van der Waals surface area contributed by atoms with Crippen molar-refractivity contribution in [1.29, 1.82) is 5.41 Å². The lowest BCUT2D eigenvalue weighted by atomic mass is 10.3. The Hall–Kier alpha value is -2.50. The summed E-state index contributed by atoms with van der Waals surface area (Å²) in [5.74, 6) is -2.36. The minimum absolute atomic E-state index is 0.0875. The second kappa shape index (κ2) is 4.79. The largest absolute Gasteiger partial charge is 0.436 e. The fraction of sp³-hybridized carbons (Fsp3) is 0. The van der Waals surface area contributed by atoms with Crippen LogP contribution >= 0.6 is 0 Å². The second-order valence-electron chi connectivity index (χ2n) is 3.45. The molecule has 18 heavy (non-hydrogen) atoms. The zero-order valence-corrected chi connectivity index (χ0v) is 9.15. The Labute approximate surface area is 102 Å². The molecule has 0 bridgehead atoms. The van der Waals surface area contributed by atoms with E-state index < -0.39 is 11.6 Å². The van der Waals surface area contributed by atoms with Crippen molar-refractivity contribution in [3.63, 3.8) is 0 Å². The van der Waals surface area contributed by atoms with Gasteiger partial charge in [-0.25, -0.2) is 9.37 Å². The standard InChI is InChI=1S/C12H9F2N3O/c13-8-2-1-3-9(11(8)14)18-10-5-4-7(6-17-10)12(15)16/h1-6H,(H3,15,16). The molecule has 3 N–H and O–H groups in total. The number of amidine groups is 1. The van der Waals surface area contributed by atoms with Gasteiger partial charge >= 0.3 is 0 Å². The fourth-order valence-corrected chi connectivity index (χ4v) is 1.28. The number of hydrogen-bond acceptors (Lipinski definition) is 3. The summed E-state index contributed by atoms with van der Waals surface area (Å²) in [5, 5.41) is 7.18. The smallest absolute Gasteiger partial charge is 0.219 e. The summed E-state index contributed by atoms with van der Waals surface area (Å²) in [6.07, 6.45) is 1.31. The Morgan fingerprint density at radius 1 is 1.22 bits per heavy atom. The summed E-state index contributed by atoms with van der Waals surface area (Å²) in [6.45, 7) is 0. The van der Waals surface area contributed by atoms with Gasteiger partial charge in [-0.2, -0.15) is 4.39 Å². The number of pyridine rings is 1. The van der Waals surface area contributed by atoms with Gasteiger partial charge in [0.2, 0.25) is 11.7 Å². The molecule has 1 aromatic carbocycles. The Morgan fingerprint density at radius 2 is 2.00 bits per heavy atom. The van der Waals surface area contributed by atoms with Crippen LogP contribution in [0.1, 0.15) is 5.56 Å². The van der Waals surface area contributed by atoms with Gasteiger partial charge in [-0.05, 0) is 18.2 Å². The van der Waals surface area contributed by atoms with Crippen LogP contribution in [0, 0.1) is 17.0 Å². The average molecular weight is 249 g/mol. The van der Waals surface area contributed by atoms with Gasteiger partial charge in [0, 0.05) is 17.8 Å². The maximum atomic E-state index is 13.3. The van der Waals surface area contributed by atoms with Crippen molar-refractivity contribution < 1.29 is 13.5 Å². The molecule has 0 saturated carbocycles. The molecule has 6 heteroatoms. The topological polar surface area (TPSA) is 72.0 Å². The molecule has 92 valence electrons. The maximum Gasteiger partial charge on any atom is 0.219 e. The SMILES string of the molecule is N=C(N)c1ccc(Oc2cccc(F)c2F)nc1. The Morgan fingerprint density at radius 3 is 2.61 bits per heavy atom. The van der Waals surface area contributed by atoms with Gasteiger partial charge in [0.25, 0.3) is 0 Å². The van der Waals surface area contributed by atoms with Crippen LogP contribution in [-0.2, 0) is 0 Å². The van der Waals surface area contributed by atoms with Crippen molar-refractivity contribution in [2.45, 2.75) is 0 Å². The van der Waals surface area contributed by atoms with Crippen LogP contribution in [0.25, 0.3) is 0 Å². The predicted molar refractivity (Wildman–Crippen MR) is 61.7 cm³/mol. The fourth-order valence-electron chi connectivity index (χ4n) is 1.28. The highest BCUT2D eigenvalue weighted by Crippen LogP contribution is 2.24. The highest BCUT2D eigenvalue weighted by molar-refractivity contribution is 5.94. The van der Waals surface area contributed by atoms with Gasteiger partial charge in [0.1, 0.15) is 5.84 Å². The zero-order valence-electron chi connectivity index (χ0n) is 9.15. The molecular formula is C12H9F2N3O. The zero-order chi connectivity index (χ0) is 13.1. The van der Waals surface area contributed by atoms with E-state index in [4.69, 9.17) is 15.9 Å². The van der Waals surface area contributed by atoms with Crippen LogP contribution in [0.2, 0.25) is 0 Å². The number of rotatable bonds is 3. The van der Waals surface area contributed by atoms with Crippen molar-refractivity contribution in [3.8, 4) is 11.6 Å². The van der Waals surface area contributed by atoms with Crippen LogP contribution in [0.4, 0.5) is 8.78 Å². The number of nitrogens with zero attached hydrogens (tertiary/aromatic N) is 1. The van der Waals surface area contributed by atoms with Crippen molar-refractivity contribution in [2.75, 3.05) is 0 Å². The minimum atomic E-state index is -1.07. The van der Waals surface area contributed by atoms with Gasteiger partial charge in [0.05, 0.1) is 0 Å². The molecule has 0 aliphatic heterocycles. The van der Waals surface area contributed by atoms with E-state index in [9.17, 15) is 8.78 Å². The van der Waals surface area contributed by atoms with Gasteiger partial charge in [-0.1, -0.05) is 6.07 Å². The van der Waals surface area contributed by atoms with Crippen molar-refractivity contribution in [3.05, 3.63) is 53.7 Å². The highest BCUT2D eigenvalue weighted by Gasteiger charge is 2.10. The summed E-state index contributed by atoms with van der Waals surface area (Å²) >= 11 is 0. The first-order valence-corrected chi connectivity index (χ1v) is 5.00. The van der Waals surface area contributed by atoms with Crippen molar-refractivity contribution in [1.82, 2.24) is 4.98 Å². The summed E-state index contributed by atoms with van der Waals surface area (Å²) in [4.78, 5) is 3.83. The molecule has 2 rings (SSSR count). The predicted octanol–water partition coefficient (Wildman–Crippen LogP) is 2.44. The van der Waals surface area contributed by atoms with Gasteiger partial charge in [-0.3, -0.25) is 5.41 Å². The highest BCUT2D eigenvalue weighted by atomic mass is 19.2. The van der Waals surface area contributed by atoms with Gasteiger partial charge in [0.15, 0.2) is 11.6 Å². The molecule has 1 heterocycles. The molecule has 1 aromatic heterocycles. The molecule has 0 spiro atoms. The number of nitrogens with one attached hydrogen (secondary N) is 1. The normalized spacial score (nSPS) is 10.1. The molecule has 2 aromatic rings. The lowest BCUT2D eigenvalue weighted by Gasteiger charge is -2.06. The number of hydrogen-bond donors (Lipinski definition) is 2. The first-order chi connectivity index (χ1) is 8.58. The third-order valence-corrected chi connectivity index (χ3v) is 2.18. The molecule has 0 fully saturated rings. The Bertz CT molecular complexity index is 584. The van der Waals surface area contributed by atoms with Crippen LogP contribution in [0.15, 0.2) is 36.5 Å². The first kappa shape index (κ1) is 12.0. The molecule has 0 saturated heterocycles. The monoisotopic (exact) mass is 249 g/mol. The molecule has 0 amide bonds. The summed E-state index contributed by atoms with van der Waals surface area (Å²) < 4.78 is 31.3. The lowest BCUT2D eigenvalue weighted by Crippen LogP contribution is -2.11. The molecule has 0 aliphatic carbocycles. The summed E-state index contributed by atoms with van der Waals surface area (Å²) in [6, 6.07) is 6.54. The summed E-state index contributed by atoms with van der Waals surface area (Å²) in [7, 11) is 0. The van der Waals surface area contributed by atoms with Gasteiger partial charge in [-0.15, -0.1) is 0 Å². The maximum absolute atomic E-state index is 13.3. The number of halogens is 2.